The molecule has 0 aliphatic carbocycles. The van der Waals surface area contributed by atoms with Gasteiger partial charge in [-0.3, -0.25) is 9.69 Å². The molecule has 4 rings (SSSR count). The number of aryl methyl sites for hydroxylation is 2. The van der Waals surface area contributed by atoms with Crippen molar-refractivity contribution in [3.8, 4) is 0 Å². The van der Waals surface area contributed by atoms with Crippen LogP contribution in [0.3, 0.4) is 0 Å². The minimum absolute atomic E-state index is 0.0325. The number of piperidine rings is 1. The lowest BCUT2D eigenvalue weighted by atomic mass is 10.0. The number of aromatic nitrogens is 3. The van der Waals surface area contributed by atoms with Crippen LogP contribution in [0, 0.1) is 0 Å². The predicted octanol–water partition coefficient (Wildman–Crippen LogP) is 4.85. The maximum absolute atomic E-state index is 13.0. The van der Waals surface area contributed by atoms with Crippen molar-refractivity contribution in [2.24, 2.45) is 0 Å². The quantitative estimate of drug-likeness (QED) is 0.572. The first kappa shape index (κ1) is 23.2. The summed E-state index contributed by atoms with van der Waals surface area (Å²) in [7, 11) is 0. The van der Waals surface area contributed by atoms with Crippen molar-refractivity contribution >= 4 is 22.6 Å². The Kier molecular flexibility index (Phi) is 6.69. The number of benzene rings is 2. The Morgan fingerprint density at radius 2 is 1.76 bits per heavy atom. The van der Waals surface area contributed by atoms with Gasteiger partial charge in [0.05, 0.1) is 23.7 Å². The van der Waals surface area contributed by atoms with E-state index in [4.69, 9.17) is 0 Å². The van der Waals surface area contributed by atoms with Crippen LogP contribution < -0.4 is 5.32 Å². The van der Waals surface area contributed by atoms with E-state index in [1.807, 2.05) is 18.2 Å². The second-order valence-corrected chi connectivity index (χ2v) is 8.45. The van der Waals surface area contributed by atoms with Crippen LogP contribution in [0.15, 0.2) is 36.4 Å². The number of nitrogens with one attached hydrogen (secondary N) is 1. The van der Waals surface area contributed by atoms with Gasteiger partial charge in [0.1, 0.15) is 5.52 Å². The zero-order chi connectivity index (χ0) is 23.6. The standard InChI is InChI=1S/C24H28F3N5O/c1-3-16-6-5-7-17(4-2)23(16)28-22(33)15-31-12-10-19(11-13-31)32-21-9-8-18(24(25,26)27)14-20(21)29-30-32/h5-9,14,19H,3-4,10-13,15H2,1-2H3,(H,28,33). The van der Waals surface area contributed by atoms with Gasteiger partial charge in [-0.2, -0.15) is 13.2 Å². The Balaban J connectivity index is 1.37. The van der Waals surface area contributed by atoms with Crippen LogP contribution in [0.25, 0.3) is 11.0 Å². The van der Waals surface area contributed by atoms with E-state index in [1.54, 1.807) is 4.68 Å². The second kappa shape index (κ2) is 9.51. The van der Waals surface area contributed by atoms with Crippen molar-refractivity contribution in [3.63, 3.8) is 0 Å². The molecule has 1 fully saturated rings. The molecule has 0 atom stereocenters. The van der Waals surface area contributed by atoms with Crippen LogP contribution >= 0.6 is 0 Å². The average Bonchev–Trinajstić information content (AvgIpc) is 3.22. The van der Waals surface area contributed by atoms with E-state index < -0.39 is 11.7 Å². The Hall–Kier alpha value is -2.94. The molecular weight excluding hydrogens is 431 g/mol. The number of hydrogen-bond donors (Lipinski definition) is 1. The number of para-hydroxylation sites is 1. The fraction of sp³-hybridized carbons (Fsp3) is 0.458. The van der Waals surface area contributed by atoms with Gasteiger partial charge in [0.15, 0.2) is 0 Å². The summed E-state index contributed by atoms with van der Waals surface area (Å²) in [5.41, 5.74) is 3.31. The summed E-state index contributed by atoms with van der Waals surface area (Å²) in [6.07, 6.45) is -1.20. The highest BCUT2D eigenvalue weighted by Gasteiger charge is 2.31. The third-order valence-corrected chi connectivity index (χ3v) is 6.33. The minimum Gasteiger partial charge on any atom is -0.324 e. The molecule has 2 heterocycles. The number of likely N-dealkylation sites (tertiary alicyclic amines) is 1. The lowest BCUT2D eigenvalue weighted by molar-refractivity contribution is -0.137. The van der Waals surface area contributed by atoms with Crippen molar-refractivity contribution in [2.75, 3.05) is 25.0 Å². The van der Waals surface area contributed by atoms with E-state index in [2.05, 4.69) is 34.4 Å². The molecule has 2 aromatic carbocycles. The third kappa shape index (κ3) is 5.03. The van der Waals surface area contributed by atoms with Gasteiger partial charge in [-0.1, -0.05) is 37.3 Å². The SMILES string of the molecule is CCc1cccc(CC)c1NC(=O)CN1CCC(n2nnc3cc(C(F)(F)F)ccc32)CC1. The van der Waals surface area contributed by atoms with Crippen molar-refractivity contribution in [1.82, 2.24) is 19.9 Å². The number of halogens is 3. The topological polar surface area (TPSA) is 63.1 Å². The number of amides is 1. The number of alkyl halides is 3. The first-order valence-electron chi connectivity index (χ1n) is 11.3. The van der Waals surface area contributed by atoms with E-state index in [-0.39, 0.29) is 17.5 Å². The van der Waals surface area contributed by atoms with E-state index in [0.717, 1.165) is 54.6 Å². The molecule has 0 saturated carbocycles. The van der Waals surface area contributed by atoms with Gasteiger partial charge in [0.2, 0.25) is 5.91 Å². The van der Waals surface area contributed by atoms with Gasteiger partial charge < -0.3 is 5.32 Å². The fourth-order valence-corrected chi connectivity index (χ4v) is 4.50. The van der Waals surface area contributed by atoms with E-state index in [1.165, 1.54) is 6.07 Å². The first-order valence-corrected chi connectivity index (χ1v) is 11.3. The maximum atomic E-state index is 13.0. The molecule has 9 heteroatoms. The summed E-state index contributed by atoms with van der Waals surface area (Å²) < 4.78 is 40.6. The normalized spacial score (nSPS) is 15.8. The summed E-state index contributed by atoms with van der Waals surface area (Å²) in [6, 6.07) is 9.70. The second-order valence-electron chi connectivity index (χ2n) is 8.45. The predicted molar refractivity (Wildman–Crippen MR) is 121 cm³/mol. The van der Waals surface area contributed by atoms with Crippen molar-refractivity contribution in [2.45, 2.75) is 51.7 Å². The van der Waals surface area contributed by atoms with Crippen LogP contribution in [0.5, 0.6) is 0 Å². The molecule has 0 unspecified atom stereocenters. The van der Waals surface area contributed by atoms with Crippen molar-refractivity contribution < 1.29 is 18.0 Å². The van der Waals surface area contributed by atoms with E-state index in [9.17, 15) is 18.0 Å². The molecule has 1 aromatic heterocycles. The molecule has 1 saturated heterocycles. The van der Waals surface area contributed by atoms with Gasteiger partial charge >= 0.3 is 6.18 Å². The Labute approximate surface area is 190 Å². The van der Waals surface area contributed by atoms with Crippen LogP contribution in [0.4, 0.5) is 18.9 Å². The Morgan fingerprint density at radius 1 is 1.09 bits per heavy atom. The zero-order valence-electron chi connectivity index (χ0n) is 18.8. The number of nitrogens with zero attached hydrogens (tertiary/aromatic N) is 4. The van der Waals surface area contributed by atoms with Crippen LogP contribution in [-0.2, 0) is 23.8 Å². The summed E-state index contributed by atoms with van der Waals surface area (Å²) in [5, 5.41) is 11.2. The van der Waals surface area contributed by atoms with Crippen LogP contribution in [-0.4, -0.2) is 45.4 Å². The van der Waals surface area contributed by atoms with Crippen LogP contribution in [0.2, 0.25) is 0 Å². The lowest BCUT2D eigenvalue weighted by Gasteiger charge is -2.31. The Bertz CT molecular complexity index is 1110. The van der Waals surface area contributed by atoms with Gasteiger partial charge in [0, 0.05) is 18.8 Å². The number of hydrogen-bond acceptors (Lipinski definition) is 4. The molecular formula is C24H28F3N5O. The number of carbonyl (C=O) groups is 1. The molecule has 6 nitrogen and oxygen atoms in total. The third-order valence-electron chi connectivity index (χ3n) is 6.33. The van der Waals surface area contributed by atoms with Crippen LogP contribution in [0.1, 0.15) is 49.4 Å². The lowest BCUT2D eigenvalue weighted by Crippen LogP contribution is -2.40. The molecule has 3 aromatic rings. The average molecular weight is 460 g/mol. The van der Waals surface area contributed by atoms with E-state index in [0.29, 0.717) is 25.2 Å². The number of rotatable bonds is 6. The van der Waals surface area contributed by atoms with Crippen molar-refractivity contribution in [3.05, 3.63) is 53.1 Å². The highest BCUT2D eigenvalue weighted by atomic mass is 19.4. The van der Waals surface area contributed by atoms with Gasteiger partial charge in [-0.05, 0) is 55.0 Å². The highest BCUT2D eigenvalue weighted by molar-refractivity contribution is 5.93. The number of fused-ring (bicyclic) bond motifs is 1. The smallest absolute Gasteiger partial charge is 0.324 e. The zero-order valence-corrected chi connectivity index (χ0v) is 18.8. The molecule has 1 N–H and O–H groups in total. The number of carbonyl (C=O) groups excluding carboxylic acids is 1. The Morgan fingerprint density at radius 3 is 2.36 bits per heavy atom. The molecule has 1 aliphatic heterocycles. The summed E-state index contributed by atoms with van der Waals surface area (Å²) >= 11 is 0. The summed E-state index contributed by atoms with van der Waals surface area (Å²) in [4.78, 5) is 14.8. The molecule has 0 spiro atoms. The fourth-order valence-electron chi connectivity index (χ4n) is 4.50. The maximum Gasteiger partial charge on any atom is 0.416 e. The van der Waals surface area contributed by atoms with Gasteiger partial charge in [-0.25, -0.2) is 4.68 Å². The molecule has 0 bridgehead atoms. The highest BCUT2D eigenvalue weighted by Crippen LogP contribution is 2.32. The molecule has 1 aliphatic rings. The first-order chi connectivity index (χ1) is 15.8. The summed E-state index contributed by atoms with van der Waals surface area (Å²) in [6.45, 7) is 5.87. The largest absolute Gasteiger partial charge is 0.416 e. The van der Waals surface area contributed by atoms with Gasteiger partial charge in [0.25, 0.3) is 0 Å². The molecule has 1 amide bonds. The molecule has 0 radical (unpaired) electrons. The summed E-state index contributed by atoms with van der Waals surface area (Å²) in [5.74, 6) is -0.0325. The number of anilines is 1. The van der Waals surface area contributed by atoms with Gasteiger partial charge in [-0.15, -0.1) is 5.10 Å². The monoisotopic (exact) mass is 459 g/mol. The van der Waals surface area contributed by atoms with Crippen molar-refractivity contribution in [1.29, 1.82) is 0 Å². The molecule has 176 valence electrons. The van der Waals surface area contributed by atoms with E-state index >= 15 is 0 Å². The molecule has 33 heavy (non-hydrogen) atoms. The minimum atomic E-state index is -4.40.